The van der Waals surface area contributed by atoms with Crippen LogP contribution in [0.15, 0.2) is 47.4 Å². The highest BCUT2D eigenvalue weighted by Crippen LogP contribution is 2.31. The normalized spacial score (nSPS) is 14.4. The maximum absolute atomic E-state index is 13.1. The number of esters is 1. The van der Waals surface area contributed by atoms with Gasteiger partial charge in [0.15, 0.2) is 6.61 Å². The average molecular weight is 463 g/mol. The third-order valence-electron chi connectivity index (χ3n) is 5.04. The summed E-state index contributed by atoms with van der Waals surface area (Å²) in [6.07, 6.45) is 2.60. The van der Waals surface area contributed by atoms with Crippen molar-refractivity contribution in [3.63, 3.8) is 0 Å². The zero-order valence-corrected chi connectivity index (χ0v) is 18.8. The number of nitrogens with one attached hydrogen (secondary N) is 1. The van der Waals surface area contributed by atoms with Crippen LogP contribution in [0.4, 0.5) is 5.69 Å². The van der Waals surface area contributed by atoms with Gasteiger partial charge in [0.1, 0.15) is 16.4 Å². The molecule has 9 nitrogen and oxygen atoms in total. The van der Waals surface area contributed by atoms with Gasteiger partial charge in [-0.2, -0.15) is 4.31 Å². The van der Waals surface area contributed by atoms with Crippen LogP contribution < -0.4 is 14.8 Å². The van der Waals surface area contributed by atoms with E-state index in [0.29, 0.717) is 18.8 Å². The Balaban J connectivity index is 1.67. The van der Waals surface area contributed by atoms with Crippen molar-refractivity contribution in [2.24, 2.45) is 0 Å². The molecule has 1 heterocycles. The highest BCUT2D eigenvalue weighted by Gasteiger charge is 2.29. The predicted molar refractivity (Wildman–Crippen MR) is 118 cm³/mol. The van der Waals surface area contributed by atoms with Crippen LogP contribution in [-0.2, 0) is 19.6 Å². The molecule has 3 rings (SSSR count). The number of carbonyl (C=O) groups excluding carboxylic acids is 2. The lowest BCUT2D eigenvalue weighted by molar-refractivity contribution is -0.119. The minimum atomic E-state index is -3.77. The zero-order chi connectivity index (χ0) is 23.1. The van der Waals surface area contributed by atoms with Gasteiger partial charge >= 0.3 is 5.97 Å². The van der Waals surface area contributed by atoms with Gasteiger partial charge in [-0.25, -0.2) is 13.2 Å². The number of hydrogen-bond donors (Lipinski definition) is 1. The number of hydrogen-bond acceptors (Lipinski definition) is 7. The molecule has 0 radical (unpaired) electrons. The molecule has 1 fully saturated rings. The van der Waals surface area contributed by atoms with Crippen molar-refractivity contribution in [1.82, 2.24) is 4.31 Å². The first kappa shape index (κ1) is 23.6. The standard InChI is InChI=1S/C22H26N2O7S/c1-29-18-9-6-16(7-10-18)22(26)31-15-21(25)23-17-8-11-19(30-2)20(14-17)32(27,28)24-12-4-3-5-13-24/h6-11,14H,3-5,12-13,15H2,1-2H3,(H,23,25). The second kappa shape index (κ2) is 10.5. The number of anilines is 1. The van der Waals surface area contributed by atoms with E-state index in [1.54, 1.807) is 12.1 Å². The van der Waals surface area contributed by atoms with E-state index in [2.05, 4.69) is 5.32 Å². The van der Waals surface area contributed by atoms with Gasteiger partial charge in [-0.05, 0) is 55.3 Å². The molecule has 0 aliphatic carbocycles. The first-order chi connectivity index (χ1) is 15.3. The summed E-state index contributed by atoms with van der Waals surface area (Å²) in [6.45, 7) is 0.373. The summed E-state index contributed by atoms with van der Waals surface area (Å²) in [6, 6.07) is 10.6. The number of ether oxygens (including phenoxy) is 3. The highest BCUT2D eigenvalue weighted by atomic mass is 32.2. The number of benzene rings is 2. The summed E-state index contributed by atoms with van der Waals surface area (Å²) in [5.74, 6) is -0.474. The lowest BCUT2D eigenvalue weighted by Crippen LogP contribution is -2.35. The molecule has 0 bridgehead atoms. The maximum Gasteiger partial charge on any atom is 0.338 e. The third-order valence-corrected chi connectivity index (χ3v) is 6.96. The molecule has 0 unspecified atom stereocenters. The Kier molecular flexibility index (Phi) is 7.70. The average Bonchev–Trinajstić information content (AvgIpc) is 2.83. The van der Waals surface area contributed by atoms with E-state index in [-0.39, 0.29) is 21.9 Å². The molecule has 10 heteroatoms. The van der Waals surface area contributed by atoms with E-state index in [1.165, 1.54) is 48.9 Å². The molecule has 1 aliphatic heterocycles. The number of amides is 1. The minimum Gasteiger partial charge on any atom is -0.497 e. The number of methoxy groups -OCH3 is 2. The Bertz CT molecular complexity index is 1060. The van der Waals surface area contributed by atoms with Gasteiger partial charge < -0.3 is 19.5 Å². The quantitative estimate of drug-likeness (QED) is 0.601. The van der Waals surface area contributed by atoms with E-state index < -0.39 is 28.5 Å². The largest absolute Gasteiger partial charge is 0.497 e. The van der Waals surface area contributed by atoms with E-state index >= 15 is 0 Å². The second-order valence-electron chi connectivity index (χ2n) is 7.18. The SMILES string of the molecule is COc1ccc(C(=O)OCC(=O)Nc2ccc(OC)c(S(=O)(=O)N3CCCCC3)c2)cc1. The van der Waals surface area contributed by atoms with Gasteiger partial charge in [0.05, 0.1) is 19.8 Å². The number of carbonyl (C=O) groups is 2. The lowest BCUT2D eigenvalue weighted by atomic mass is 10.2. The first-order valence-electron chi connectivity index (χ1n) is 10.1. The van der Waals surface area contributed by atoms with Crippen LogP contribution in [0.3, 0.4) is 0 Å². The molecular formula is C22H26N2O7S. The van der Waals surface area contributed by atoms with Crippen molar-refractivity contribution in [1.29, 1.82) is 0 Å². The van der Waals surface area contributed by atoms with Crippen molar-refractivity contribution < 1.29 is 32.2 Å². The van der Waals surface area contributed by atoms with Crippen LogP contribution in [0.1, 0.15) is 29.6 Å². The Labute approximate surface area is 187 Å². The fourth-order valence-corrected chi connectivity index (χ4v) is 5.04. The van der Waals surface area contributed by atoms with Crippen molar-refractivity contribution >= 4 is 27.6 Å². The summed E-state index contributed by atoms with van der Waals surface area (Å²) in [5.41, 5.74) is 0.532. The molecule has 0 saturated carbocycles. The van der Waals surface area contributed by atoms with Crippen LogP contribution >= 0.6 is 0 Å². The maximum atomic E-state index is 13.1. The minimum absolute atomic E-state index is 0.0186. The lowest BCUT2D eigenvalue weighted by Gasteiger charge is -2.26. The van der Waals surface area contributed by atoms with Gasteiger partial charge in [0.25, 0.3) is 5.91 Å². The Morgan fingerprint density at radius 1 is 0.969 bits per heavy atom. The highest BCUT2D eigenvalue weighted by molar-refractivity contribution is 7.89. The van der Waals surface area contributed by atoms with Gasteiger partial charge in [-0.1, -0.05) is 6.42 Å². The molecule has 1 saturated heterocycles. The second-order valence-corrected chi connectivity index (χ2v) is 9.09. The summed E-state index contributed by atoms with van der Waals surface area (Å²) in [5, 5.41) is 2.56. The van der Waals surface area contributed by atoms with Crippen LogP contribution in [0.2, 0.25) is 0 Å². The molecule has 2 aromatic rings. The number of sulfonamides is 1. The number of nitrogens with zero attached hydrogens (tertiary/aromatic N) is 1. The molecule has 0 atom stereocenters. The smallest absolute Gasteiger partial charge is 0.338 e. The predicted octanol–water partition coefficient (Wildman–Crippen LogP) is 2.67. The molecule has 2 aromatic carbocycles. The summed E-state index contributed by atoms with van der Waals surface area (Å²) < 4.78 is 42.9. The van der Waals surface area contributed by atoms with Crippen LogP contribution in [-0.4, -0.2) is 58.5 Å². The number of rotatable bonds is 8. The molecule has 32 heavy (non-hydrogen) atoms. The fraction of sp³-hybridized carbons (Fsp3) is 0.364. The van der Waals surface area contributed by atoms with Crippen molar-refractivity contribution in [2.75, 3.05) is 39.2 Å². The van der Waals surface area contributed by atoms with E-state index in [1.807, 2.05) is 0 Å². The molecular weight excluding hydrogens is 436 g/mol. The summed E-state index contributed by atoms with van der Waals surface area (Å²) in [4.78, 5) is 24.3. The Morgan fingerprint density at radius 2 is 1.66 bits per heavy atom. The molecule has 172 valence electrons. The zero-order valence-electron chi connectivity index (χ0n) is 18.0. The summed E-state index contributed by atoms with van der Waals surface area (Å²) >= 11 is 0. The van der Waals surface area contributed by atoms with Crippen LogP contribution in [0.25, 0.3) is 0 Å². The molecule has 0 aromatic heterocycles. The molecule has 1 N–H and O–H groups in total. The molecule has 1 amide bonds. The van der Waals surface area contributed by atoms with Crippen LogP contribution in [0.5, 0.6) is 11.5 Å². The Hall–Kier alpha value is -3.11. The third kappa shape index (κ3) is 5.57. The summed E-state index contributed by atoms with van der Waals surface area (Å²) in [7, 11) is -0.865. The molecule has 1 aliphatic rings. The van der Waals surface area contributed by atoms with E-state index in [4.69, 9.17) is 14.2 Å². The fourth-order valence-electron chi connectivity index (χ4n) is 3.34. The monoisotopic (exact) mass is 462 g/mol. The van der Waals surface area contributed by atoms with Gasteiger partial charge in [0.2, 0.25) is 10.0 Å². The van der Waals surface area contributed by atoms with Crippen molar-refractivity contribution in [3.8, 4) is 11.5 Å². The van der Waals surface area contributed by atoms with E-state index in [0.717, 1.165) is 19.3 Å². The number of piperidine rings is 1. The van der Waals surface area contributed by atoms with Gasteiger partial charge in [-0.3, -0.25) is 4.79 Å². The molecule has 0 spiro atoms. The van der Waals surface area contributed by atoms with Crippen molar-refractivity contribution in [2.45, 2.75) is 24.2 Å². The first-order valence-corrected chi connectivity index (χ1v) is 11.6. The van der Waals surface area contributed by atoms with Crippen molar-refractivity contribution in [3.05, 3.63) is 48.0 Å². The van der Waals surface area contributed by atoms with Gasteiger partial charge in [-0.15, -0.1) is 0 Å². The topological polar surface area (TPSA) is 111 Å². The van der Waals surface area contributed by atoms with Gasteiger partial charge in [0, 0.05) is 18.8 Å². The Morgan fingerprint density at radius 3 is 2.28 bits per heavy atom. The van der Waals surface area contributed by atoms with E-state index in [9.17, 15) is 18.0 Å². The van der Waals surface area contributed by atoms with Crippen LogP contribution in [0, 0.1) is 0 Å².